The number of fused-ring (bicyclic) bond motifs is 1. The van der Waals surface area contributed by atoms with Crippen molar-refractivity contribution in [2.75, 3.05) is 13.2 Å². The summed E-state index contributed by atoms with van der Waals surface area (Å²) in [5.74, 6) is 0.508. The third-order valence-corrected chi connectivity index (χ3v) is 4.45. The second-order valence-corrected chi connectivity index (χ2v) is 5.74. The minimum atomic E-state index is -1.00. The summed E-state index contributed by atoms with van der Waals surface area (Å²) in [6.45, 7) is 5.23. The van der Waals surface area contributed by atoms with Crippen LogP contribution in [0.2, 0.25) is 0 Å². The van der Waals surface area contributed by atoms with E-state index < -0.39 is 5.54 Å². The molecule has 3 N–H and O–H groups in total. The number of carbonyl (C=O) groups is 1. The fraction of sp³-hybridized carbons (Fsp3) is 0.562. The van der Waals surface area contributed by atoms with Crippen molar-refractivity contribution in [3.05, 3.63) is 29.3 Å². The molecule has 0 radical (unpaired) electrons. The van der Waals surface area contributed by atoms with Crippen LogP contribution < -0.4 is 10.1 Å². The molecule has 21 heavy (non-hydrogen) atoms. The maximum Gasteiger partial charge on any atom is 0.255 e. The van der Waals surface area contributed by atoms with Crippen LogP contribution in [0.4, 0.5) is 0 Å². The summed E-state index contributed by atoms with van der Waals surface area (Å²) >= 11 is 0. The molecule has 2 unspecified atom stereocenters. The molecule has 1 amide bonds. The normalized spacial score (nSPS) is 20.8. The first-order valence-electron chi connectivity index (χ1n) is 7.31. The van der Waals surface area contributed by atoms with Gasteiger partial charge in [-0.25, -0.2) is 0 Å². The van der Waals surface area contributed by atoms with E-state index in [1.54, 1.807) is 6.07 Å². The molecule has 1 aromatic carbocycles. The van der Waals surface area contributed by atoms with E-state index in [0.29, 0.717) is 17.7 Å². The Labute approximate surface area is 124 Å². The van der Waals surface area contributed by atoms with Gasteiger partial charge in [-0.3, -0.25) is 4.79 Å². The Hall–Kier alpha value is -1.59. The topological polar surface area (TPSA) is 78.8 Å². The standard InChI is InChI=1S/C16H23NO4/c1-4-16(8-18,9-19)17-15(20)13-7-5-6-12-10(2)11(3)21-14(12)13/h5-7,10-11,18-19H,4,8-9H2,1-3H3,(H,17,20). The van der Waals surface area contributed by atoms with Crippen LogP contribution in [0.15, 0.2) is 18.2 Å². The van der Waals surface area contributed by atoms with Gasteiger partial charge in [0.2, 0.25) is 0 Å². The number of carbonyl (C=O) groups excluding carboxylic acids is 1. The van der Waals surface area contributed by atoms with Crippen molar-refractivity contribution in [1.82, 2.24) is 5.32 Å². The molecule has 0 fully saturated rings. The zero-order chi connectivity index (χ0) is 15.6. The molecule has 0 spiro atoms. The van der Waals surface area contributed by atoms with Crippen molar-refractivity contribution in [3.63, 3.8) is 0 Å². The van der Waals surface area contributed by atoms with E-state index >= 15 is 0 Å². The molecular weight excluding hydrogens is 270 g/mol. The molecule has 5 heteroatoms. The minimum Gasteiger partial charge on any atom is -0.489 e. The molecule has 2 atom stereocenters. The molecule has 0 saturated carbocycles. The van der Waals surface area contributed by atoms with Crippen LogP contribution in [-0.2, 0) is 0 Å². The third-order valence-electron chi connectivity index (χ3n) is 4.45. The maximum absolute atomic E-state index is 12.5. The predicted octanol–water partition coefficient (Wildman–Crippen LogP) is 1.43. The summed E-state index contributed by atoms with van der Waals surface area (Å²) in [7, 11) is 0. The number of rotatable bonds is 5. The average molecular weight is 293 g/mol. The van der Waals surface area contributed by atoms with Crippen LogP contribution in [0.3, 0.4) is 0 Å². The molecule has 1 aliphatic rings. The highest BCUT2D eigenvalue weighted by atomic mass is 16.5. The summed E-state index contributed by atoms with van der Waals surface area (Å²) in [6, 6.07) is 5.50. The van der Waals surface area contributed by atoms with E-state index in [1.807, 2.05) is 26.0 Å². The summed E-state index contributed by atoms with van der Waals surface area (Å²) in [4.78, 5) is 12.5. The highest BCUT2D eigenvalue weighted by Crippen LogP contribution is 2.40. The number of aliphatic hydroxyl groups is 2. The Bertz CT molecular complexity index is 517. The smallest absolute Gasteiger partial charge is 0.255 e. The van der Waals surface area contributed by atoms with Gasteiger partial charge in [0.15, 0.2) is 0 Å². The lowest BCUT2D eigenvalue weighted by Gasteiger charge is -2.29. The first-order chi connectivity index (χ1) is 9.98. The number of aliphatic hydroxyl groups excluding tert-OH is 2. The van der Waals surface area contributed by atoms with Gasteiger partial charge >= 0.3 is 0 Å². The third kappa shape index (κ3) is 2.76. The zero-order valence-electron chi connectivity index (χ0n) is 12.7. The Kier molecular flexibility index (Phi) is 4.54. The van der Waals surface area contributed by atoms with Crippen molar-refractivity contribution >= 4 is 5.91 Å². The SMILES string of the molecule is CCC(CO)(CO)NC(=O)c1cccc2c1OC(C)C2C. The summed E-state index contributed by atoms with van der Waals surface area (Å²) in [5, 5.41) is 21.6. The van der Waals surface area contributed by atoms with Crippen LogP contribution in [0.5, 0.6) is 5.75 Å². The van der Waals surface area contributed by atoms with Gasteiger partial charge in [-0.2, -0.15) is 0 Å². The number of hydrogen-bond donors (Lipinski definition) is 3. The molecule has 1 aromatic rings. The van der Waals surface area contributed by atoms with E-state index in [1.165, 1.54) is 0 Å². The lowest BCUT2D eigenvalue weighted by Crippen LogP contribution is -2.53. The van der Waals surface area contributed by atoms with Gasteiger partial charge in [0.25, 0.3) is 5.91 Å². The van der Waals surface area contributed by atoms with Crippen LogP contribution in [0, 0.1) is 0 Å². The Balaban J connectivity index is 2.30. The molecule has 0 aliphatic carbocycles. The van der Waals surface area contributed by atoms with E-state index in [9.17, 15) is 15.0 Å². The molecular formula is C16H23NO4. The van der Waals surface area contributed by atoms with Crippen LogP contribution in [0.1, 0.15) is 49.0 Å². The summed E-state index contributed by atoms with van der Waals surface area (Å²) in [5.41, 5.74) is 0.462. The quantitative estimate of drug-likeness (QED) is 0.767. The second kappa shape index (κ2) is 6.03. The van der Waals surface area contributed by atoms with Crippen molar-refractivity contribution < 1.29 is 19.7 Å². The molecule has 2 rings (SSSR count). The van der Waals surface area contributed by atoms with Gasteiger partial charge in [-0.15, -0.1) is 0 Å². The van der Waals surface area contributed by atoms with E-state index in [-0.39, 0.29) is 31.1 Å². The molecule has 0 bridgehead atoms. The summed E-state index contributed by atoms with van der Waals surface area (Å²) < 4.78 is 5.80. The van der Waals surface area contributed by atoms with Crippen molar-refractivity contribution in [2.24, 2.45) is 0 Å². The van der Waals surface area contributed by atoms with E-state index in [0.717, 1.165) is 5.56 Å². The Morgan fingerprint density at radius 2 is 2.00 bits per heavy atom. The highest BCUT2D eigenvalue weighted by Gasteiger charge is 2.34. The monoisotopic (exact) mass is 293 g/mol. The highest BCUT2D eigenvalue weighted by molar-refractivity contribution is 5.98. The number of para-hydroxylation sites is 1. The number of amides is 1. The summed E-state index contributed by atoms with van der Waals surface area (Å²) in [6.07, 6.45) is 0.467. The minimum absolute atomic E-state index is 0.0283. The van der Waals surface area contributed by atoms with Gasteiger partial charge in [-0.1, -0.05) is 26.0 Å². The van der Waals surface area contributed by atoms with E-state index in [2.05, 4.69) is 12.2 Å². The lowest BCUT2D eigenvalue weighted by molar-refractivity contribution is 0.0649. The fourth-order valence-electron chi connectivity index (χ4n) is 2.51. The largest absolute Gasteiger partial charge is 0.489 e. The van der Waals surface area contributed by atoms with Crippen LogP contribution >= 0.6 is 0 Å². The molecule has 0 saturated heterocycles. The molecule has 5 nitrogen and oxygen atoms in total. The molecule has 1 heterocycles. The average Bonchev–Trinajstić information content (AvgIpc) is 2.80. The van der Waals surface area contributed by atoms with Gasteiger partial charge in [-0.05, 0) is 19.4 Å². The van der Waals surface area contributed by atoms with Gasteiger partial charge in [0.1, 0.15) is 11.9 Å². The van der Waals surface area contributed by atoms with Crippen molar-refractivity contribution in [1.29, 1.82) is 0 Å². The van der Waals surface area contributed by atoms with Crippen LogP contribution in [-0.4, -0.2) is 41.0 Å². The van der Waals surface area contributed by atoms with Crippen molar-refractivity contribution in [3.8, 4) is 5.75 Å². The number of ether oxygens (including phenoxy) is 1. The zero-order valence-corrected chi connectivity index (χ0v) is 12.7. The molecule has 1 aliphatic heterocycles. The maximum atomic E-state index is 12.5. The van der Waals surface area contributed by atoms with Gasteiger partial charge in [0.05, 0.1) is 24.3 Å². The molecule has 0 aromatic heterocycles. The first-order valence-corrected chi connectivity index (χ1v) is 7.31. The number of nitrogens with one attached hydrogen (secondary N) is 1. The Morgan fingerprint density at radius 1 is 1.33 bits per heavy atom. The van der Waals surface area contributed by atoms with E-state index in [4.69, 9.17) is 4.74 Å². The van der Waals surface area contributed by atoms with Gasteiger partial charge in [0, 0.05) is 11.5 Å². The van der Waals surface area contributed by atoms with Crippen LogP contribution in [0.25, 0.3) is 0 Å². The molecule has 116 valence electrons. The van der Waals surface area contributed by atoms with Crippen molar-refractivity contribution in [2.45, 2.75) is 44.8 Å². The number of hydrogen-bond acceptors (Lipinski definition) is 4. The lowest BCUT2D eigenvalue weighted by atomic mass is 9.95. The predicted molar refractivity (Wildman–Crippen MR) is 79.6 cm³/mol. The first kappa shape index (κ1) is 15.8. The second-order valence-electron chi connectivity index (χ2n) is 5.74. The number of benzene rings is 1. The van der Waals surface area contributed by atoms with Gasteiger partial charge < -0.3 is 20.3 Å². The fourth-order valence-corrected chi connectivity index (χ4v) is 2.51. The Morgan fingerprint density at radius 3 is 2.57 bits per heavy atom.